The summed E-state index contributed by atoms with van der Waals surface area (Å²) in [6.45, 7) is 2.71. The number of benzene rings is 1. The van der Waals surface area contributed by atoms with Crippen LogP contribution >= 0.6 is 11.5 Å². The maximum atomic E-state index is 12.2. The van der Waals surface area contributed by atoms with Gasteiger partial charge in [-0.3, -0.25) is 4.72 Å². The molecule has 0 unspecified atom stereocenters. The predicted octanol–water partition coefficient (Wildman–Crippen LogP) is 1.56. The normalized spacial score (nSPS) is 11.2. The van der Waals surface area contributed by atoms with Gasteiger partial charge in [-0.2, -0.15) is 0 Å². The zero-order valence-electron chi connectivity index (χ0n) is 10.2. The number of sulfonamides is 1. The lowest BCUT2D eigenvalue weighted by Crippen LogP contribution is -2.15. The molecule has 0 fully saturated rings. The van der Waals surface area contributed by atoms with Gasteiger partial charge in [0, 0.05) is 18.1 Å². The Morgan fingerprint density at radius 1 is 1.32 bits per heavy atom. The first-order valence-electron chi connectivity index (χ1n) is 5.64. The fourth-order valence-electron chi connectivity index (χ4n) is 1.45. The molecule has 0 radical (unpaired) electrons. The molecule has 1 aromatic carbocycles. The number of nitrogens with zero attached hydrogens (tertiary/aromatic N) is 3. The molecule has 102 valence electrons. The van der Waals surface area contributed by atoms with Gasteiger partial charge in [-0.15, -0.1) is 0 Å². The van der Waals surface area contributed by atoms with E-state index < -0.39 is 10.0 Å². The topological polar surface area (TPSA) is 96.9 Å². The Labute approximate surface area is 115 Å². The zero-order valence-corrected chi connectivity index (χ0v) is 11.8. The summed E-state index contributed by atoms with van der Waals surface area (Å²) in [5.41, 5.74) is 0.564. The van der Waals surface area contributed by atoms with Crippen LogP contribution in [0.3, 0.4) is 0 Å². The van der Waals surface area contributed by atoms with Gasteiger partial charge in [0.2, 0.25) is 5.13 Å². The van der Waals surface area contributed by atoms with Gasteiger partial charge < -0.3 is 5.32 Å². The predicted molar refractivity (Wildman–Crippen MR) is 73.7 cm³/mol. The molecule has 0 saturated heterocycles. The molecule has 2 aromatic rings. The molecule has 7 nitrogen and oxygen atoms in total. The van der Waals surface area contributed by atoms with Gasteiger partial charge in [-0.05, 0) is 23.8 Å². The van der Waals surface area contributed by atoms with E-state index in [0.29, 0.717) is 12.2 Å². The number of nitrogens with one attached hydrogen (secondary N) is 2. The summed E-state index contributed by atoms with van der Waals surface area (Å²) in [7, 11) is -3.69. The van der Waals surface area contributed by atoms with Crippen LogP contribution in [0.5, 0.6) is 0 Å². The first-order valence-corrected chi connectivity index (χ1v) is 7.90. The average Bonchev–Trinajstić information content (AvgIpc) is 2.88. The number of rotatable bonds is 6. The third-order valence-corrected chi connectivity index (χ3v) is 4.30. The summed E-state index contributed by atoms with van der Waals surface area (Å²) in [6, 6.07) is 6.71. The van der Waals surface area contributed by atoms with Gasteiger partial charge in [0.1, 0.15) is 4.90 Å². The van der Waals surface area contributed by atoms with Crippen LogP contribution in [0.15, 0.2) is 29.2 Å². The summed E-state index contributed by atoms with van der Waals surface area (Å²) in [5.74, 6) is 0. The molecule has 0 saturated carbocycles. The fourth-order valence-corrected chi connectivity index (χ4v) is 3.22. The second-order valence-corrected chi connectivity index (χ2v) is 6.08. The van der Waals surface area contributed by atoms with E-state index in [2.05, 4.69) is 24.8 Å². The molecule has 0 aliphatic carbocycles. The molecule has 1 aromatic heterocycles. The lowest BCUT2D eigenvalue weighted by Gasteiger charge is -2.11. The first-order chi connectivity index (χ1) is 9.13. The molecule has 2 N–H and O–H groups in total. The molecule has 0 bridgehead atoms. The Bertz CT molecular complexity index is 627. The van der Waals surface area contributed by atoms with Crippen LogP contribution in [-0.4, -0.2) is 29.8 Å². The minimum atomic E-state index is -3.69. The quantitative estimate of drug-likeness (QED) is 0.840. The molecule has 0 atom stereocenters. The molecule has 0 amide bonds. The Kier molecular flexibility index (Phi) is 4.27. The van der Waals surface area contributed by atoms with Crippen LogP contribution < -0.4 is 10.0 Å². The standard InChI is InChI=1S/C10H13N5O2S2/c1-2-7-11-8-5-3-4-6-9(8)19(16,17)13-10-12-14-15-18-10/h3-6,11H,2,7H2,1H3,(H,12,13,15). The van der Waals surface area contributed by atoms with Crippen molar-refractivity contribution in [2.75, 3.05) is 16.6 Å². The lowest BCUT2D eigenvalue weighted by molar-refractivity contribution is 0.601. The number of para-hydroxylation sites is 1. The van der Waals surface area contributed by atoms with Crippen molar-refractivity contribution in [2.45, 2.75) is 18.2 Å². The molecule has 0 aliphatic heterocycles. The molecule has 0 aliphatic rings. The minimum absolute atomic E-state index is 0.144. The molecule has 1 heterocycles. The van der Waals surface area contributed by atoms with Gasteiger partial charge in [-0.1, -0.05) is 28.6 Å². The fraction of sp³-hybridized carbons (Fsp3) is 0.300. The molecular formula is C10H13N5O2S2. The van der Waals surface area contributed by atoms with Crippen molar-refractivity contribution < 1.29 is 8.42 Å². The molecule has 0 spiro atoms. The third-order valence-electron chi connectivity index (χ3n) is 2.26. The van der Waals surface area contributed by atoms with E-state index in [1.807, 2.05) is 6.92 Å². The maximum absolute atomic E-state index is 12.2. The zero-order chi connectivity index (χ0) is 13.7. The number of aromatic nitrogens is 3. The number of anilines is 2. The Morgan fingerprint density at radius 2 is 2.11 bits per heavy atom. The van der Waals surface area contributed by atoms with Crippen LogP contribution in [0.25, 0.3) is 0 Å². The maximum Gasteiger partial charge on any atom is 0.265 e. The van der Waals surface area contributed by atoms with E-state index in [4.69, 9.17) is 0 Å². The minimum Gasteiger partial charge on any atom is -0.384 e. The van der Waals surface area contributed by atoms with Crippen LogP contribution in [0.2, 0.25) is 0 Å². The van der Waals surface area contributed by atoms with Crippen molar-refractivity contribution in [3.8, 4) is 0 Å². The van der Waals surface area contributed by atoms with Gasteiger partial charge in [0.25, 0.3) is 10.0 Å². The summed E-state index contributed by atoms with van der Waals surface area (Å²) >= 11 is 0.885. The largest absolute Gasteiger partial charge is 0.384 e. The van der Waals surface area contributed by atoms with Crippen molar-refractivity contribution in [3.05, 3.63) is 24.3 Å². The van der Waals surface area contributed by atoms with E-state index in [0.717, 1.165) is 18.0 Å². The summed E-state index contributed by atoms with van der Waals surface area (Å²) in [6.07, 6.45) is 0.905. The molecule has 2 rings (SSSR count). The second-order valence-electron chi connectivity index (χ2n) is 3.70. The van der Waals surface area contributed by atoms with E-state index in [1.165, 1.54) is 6.07 Å². The Morgan fingerprint density at radius 3 is 2.79 bits per heavy atom. The van der Waals surface area contributed by atoms with E-state index >= 15 is 0 Å². The molecule has 19 heavy (non-hydrogen) atoms. The SMILES string of the molecule is CCCNc1ccccc1S(=O)(=O)Nc1nnns1. The highest BCUT2D eigenvalue weighted by molar-refractivity contribution is 7.93. The average molecular weight is 299 g/mol. The monoisotopic (exact) mass is 299 g/mol. The number of hydrogen-bond donors (Lipinski definition) is 2. The highest BCUT2D eigenvalue weighted by Crippen LogP contribution is 2.23. The van der Waals surface area contributed by atoms with Crippen molar-refractivity contribution in [2.24, 2.45) is 0 Å². The Balaban J connectivity index is 2.29. The van der Waals surface area contributed by atoms with E-state index in [1.54, 1.807) is 18.2 Å². The van der Waals surface area contributed by atoms with Gasteiger partial charge >= 0.3 is 0 Å². The highest BCUT2D eigenvalue weighted by atomic mass is 32.2. The van der Waals surface area contributed by atoms with Gasteiger partial charge in [0.15, 0.2) is 0 Å². The van der Waals surface area contributed by atoms with Crippen molar-refractivity contribution in [1.82, 2.24) is 14.8 Å². The molecular weight excluding hydrogens is 286 g/mol. The van der Waals surface area contributed by atoms with Crippen molar-refractivity contribution >= 4 is 32.4 Å². The van der Waals surface area contributed by atoms with Crippen LogP contribution in [0.1, 0.15) is 13.3 Å². The lowest BCUT2D eigenvalue weighted by atomic mass is 10.3. The highest BCUT2D eigenvalue weighted by Gasteiger charge is 2.19. The molecule has 9 heteroatoms. The Hall–Kier alpha value is -1.74. The first kappa shape index (κ1) is 13.7. The van der Waals surface area contributed by atoms with Crippen LogP contribution in [0, 0.1) is 0 Å². The summed E-state index contributed by atoms with van der Waals surface area (Å²) in [4.78, 5) is 0.179. The summed E-state index contributed by atoms with van der Waals surface area (Å²) < 4.78 is 30.3. The van der Waals surface area contributed by atoms with Crippen LogP contribution in [-0.2, 0) is 10.0 Å². The number of hydrogen-bond acceptors (Lipinski definition) is 7. The van der Waals surface area contributed by atoms with Crippen molar-refractivity contribution in [1.29, 1.82) is 0 Å². The van der Waals surface area contributed by atoms with E-state index in [-0.39, 0.29) is 10.0 Å². The van der Waals surface area contributed by atoms with Crippen molar-refractivity contribution in [3.63, 3.8) is 0 Å². The second kappa shape index (κ2) is 5.93. The van der Waals surface area contributed by atoms with Gasteiger partial charge in [0.05, 0.1) is 5.69 Å². The van der Waals surface area contributed by atoms with Gasteiger partial charge in [-0.25, -0.2) is 8.42 Å². The smallest absolute Gasteiger partial charge is 0.265 e. The summed E-state index contributed by atoms with van der Waals surface area (Å²) in [5, 5.41) is 10.1. The third kappa shape index (κ3) is 3.38. The van der Waals surface area contributed by atoms with E-state index in [9.17, 15) is 8.42 Å². The van der Waals surface area contributed by atoms with Crippen LogP contribution in [0.4, 0.5) is 10.8 Å².